The number of carbonyl (C=O) groups excluding carboxylic acids is 1. The minimum Gasteiger partial charge on any atom is -0.452 e. The van der Waals surface area contributed by atoms with Gasteiger partial charge in [0.05, 0.1) is 5.54 Å². The molecule has 1 aromatic carbocycles. The van der Waals surface area contributed by atoms with Crippen LogP contribution in [-0.4, -0.2) is 29.2 Å². The van der Waals surface area contributed by atoms with Crippen molar-refractivity contribution < 1.29 is 35.9 Å². The van der Waals surface area contributed by atoms with E-state index in [4.69, 9.17) is 10.2 Å². The number of aromatic nitrogens is 1. The number of amides is 1. The first-order valence-electron chi connectivity index (χ1n) is 8.22. The number of hydrogen-bond acceptors (Lipinski definition) is 6. The number of carbonyl (C=O) groups is 1. The predicted octanol–water partition coefficient (Wildman–Crippen LogP) is 3.42. The van der Waals surface area contributed by atoms with Gasteiger partial charge in [0, 0.05) is 17.7 Å². The molecule has 0 radical (unpaired) electrons. The molecule has 1 amide bonds. The van der Waals surface area contributed by atoms with E-state index in [1.165, 1.54) is 13.0 Å². The minimum atomic E-state index is -4.73. The Hall–Kier alpha value is -3.18. The Morgan fingerprint density at radius 1 is 1.41 bits per heavy atom. The number of alkyl halides is 4. The molecule has 2 heterocycles. The van der Waals surface area contributed by atoms with E-state index in [2.05, 4.69) is 20.0 Å². The van der Waals surface area contributed by atoms with Gasteiger partial charge in [-0.2, -0.15) is 13.2 Å². The number of benzene rings is 1. The Balaban J connectivity index is 1.90. The van der Waals surface area contributed by atoms with Gasteiger partial charge in [-0.05, 0) is 25.1 Å². The van der Waals surface area contributed by atoms with Crippen molar-refractivity contribution in [3.63, 3.8) is 0 Å². The van der Waals surface area contributed by atoms with Crippen LogP contribution in [0.15, 0.2) is 33.9 Å². The fourth-order valence-electron chi connectivity index (χ4n) is 2.90. The molecule has 0 saturated carbocycles. The highest BCUT2D eigenvalue weighted by Gasteiger charge is 2.50. The Kier molecular flexibility index (Phi) is 5.20. The molecule has 2 atom stereocenters. The van der Waals surface area contributed by atoms with Crippen molar-refractivity contribution in [2.45, 2.75) is 37.8 Å². The smallest absolute Gasteiger partial charge is 0.425 e. The Morgan fingerprint density at radius 3 is 2.76 bits per heavy atom. The highest BCUT2D eigenvalue weighted by atomic mass is 19.4. The normalized spacial score (nSPS) is 22.0. The first-order chi connectivity index (χ1) is 13.5. The maximum absolute atomic E-state index is 14.4. The zero-order valence-corrected chi connectivity index (χ0v) is 14.9. The summed E-state index contributed by atoms with van der Waals surface area (Å²) < 4.78 is 75.5. The van der Waals surface area contributed by atoms with E-state index in [0.29, 0.717) is 0 Å². The third-order valence-electron chi connectivity index (χ3n) is 4.27. The Labute approximate surface area is 160 Å². The van der Waals surface area contributed by atoms with Crippen LogP contribution in [0.25, 0.3) is 0 Å². The summed E-state index contributed by atoms with van der Waals surface area (Å²) in [5.41, 5.74) is 3.30. The molecule has 2 aromatic rings. The highest BCUT2D eigenvalue weighted by molar-refractivity contribution is 6.02. The molecule has 3 rings (SSSR count). The summed E-state index contributed by atoms with van der Waals surface area (Å²) in [7, 11) is 0. The number of anilines is 1. The van der Waals surface area contributed by atoms with E-state index < -0.39 is 48.7 Å². The van der Waals surface area contributed by atoms with E-state index in [-0.39, 0.29) is 22.8 Å². The topological polar surface area (TPSA) is 103 Å². The van der Waals surface area contributed by atoms with Crippen molar-refractivity contribution >= 4 is 17.6 Å². The van der Waals surface area contributed by atoms with Gasteiger partial charge < -0.3 is 20.2 Å². The number of ether oxygens (including phenoxy) is 1. The first kappa shape index (κ1) is 20.6. The molecule has 0 fully saturated rings. The van der Waals surface area contributed by atoms with Crippen LogP contribution in [0.4, 0.5) is 27.6 Å². The molecule has 1 aromatic heterocycles. The molecule has 12 heteroatoms. The number of aliphatic imine (C=N–C) groups is 1. The third-order valence-corrected chi connectivity index (χ3v) is 4.27. The fraction of sp³-hybridized carbons (Fsp3) is 0.353. The maximum Gasteiger partial charge on any atom is 0.425 e. The second kappa shape index (κ2) is 7.33. The van der Waals surface area contributed by atoms with Crippen LogP contribution in [0, 0.1) is 5.82 Å². The maximum atomic E-state index is 14.4. The number of oxazole rings is 1. The lowest BCUT2D eigenvalue weighted by Crippen LogP contribution is -2.46. The second-order valence-electron chi connectivity index (χ2n) is 6.48. The van der Waals surface area contributed by atoms with Crippen LogP contribution in [0.3, 0.4) is 0 Å². The van der Waals surface area contributed by atoms with Gasteiger partial charge in [0.1, 0.15) is 12.1 Å². The molecule has 1 aliphatic heterocycles. The quantitative estimate of drug-likeness (QED) is 0.741. The molecule has 0 spiro atoms. The van der Waals surface area contributed by atoms with Gasteiger partial charge in [-0.3, -0.25) is 4.79 Å². The lowest BCUT2D eigenvalue weighted by Gasteiger charge is -2.36. The van der Waals surface area contributed by atoms with E-state index in [0.717, 1.165) is 18.4 Å². The Morgan fingerprint density at radius 2 is 2.14 bits per heavy atom. The highest BCUT2D eigenvalue weighted by Crippen LogP contribution is 2.41. The summed E-state index contributed by atoms with van der Waals surface area (Å²) in [6.45, 7) is 0.268. The number of amidine groups is 1. The van der Waals surface area contributed by atoms with Crippen LogP contribution in [-0.2, 0) is 17.0 Å². The summed E-state index contributed by atoms with van der Waals surface area (Å²) in [6, 6.07) is 2.58. The van der Waals surface area contributed by atoms with Crippen molar-refractivity contribution in [1.29, 1.82) is 0 Å². The molecular weight excluding hydrogens is 403 g/mol. The molecule has 0 bridgehead atoms. The minimum absolute atomic E-state index is 0.0567. The van der Waals surface area contributed by atoms with Gasteiger partial charge in [0.2, 0.25) is 5.89 Å². The third kappa shape index (κ3) is 4.30. The molecule has 156 valence electrons. The number of halogens is 5. The molecule has 0 saturated heterocycles. The Bertz CT molecular complexity index is 959. The molecule has 7 nitrogen and oxygen atoms in total. The van der Waals surface area contributed by atoms with Crippen molar-refractivity contribution in [3.05, 3.63) is 47.4 Å². The number of hydrogen-bond donors (Lipinski definition) is 2. The average Bonchev–Trinajstić information content (AvgIpc) is 3.11. The molecule has 3 N–H and O–H groups in total. The number of nitrogens with zero attached hydrogens (tertiary/aromatic N) is 2. The lowest BCUT2D eigenvalue weighted by atomic mass is 9.85. The second-order valence-corrected chi connectivity index (χ2v) is 6.48. The van der Waals surface area contributed by atoms with Crippen LogP contribution >= 0.6 is 0 Å². The number of nitrogens with one attached hydrogen (secondary N) is 1. The van der Waals surface area contributed by atoms with Crippen LogP contribution in [0.5, 0.6) is 0 Å². The first-order valence-corrected chi connectivity index (χ1v) is 8.22. The van der Waals surface area contributed by atoms with E-state index >= 15 is 0 Å². The SMILES string of the molecule is C[C@]1(c2cc(NC(=O)c3coc(CF)n3)ccc2F)C[C@@H](C(F)(F)F)OC(N)=N1. The summed E-state index contributed by atoms with van der Waals surface area (Å²) in [4.78, 5) is 19.6. The van der Waals surface area contributed by atoms with Gasteiger partial charge in [0.15, 0.2) is 18.5 Å². The molecule has 0 unspecified atom stereocenters. The number of rotatable bonds is 4. The van der Waals surface area contributed by atoms with E-state index in [1.54, 1.807) is 0 Å². The molecular formula is C17H15F5N4O3. The van der Waals surface area contributed by atoms with Gasteiger partial charge in [-0.1, -0.05) is 0 Å². The predicted molar refractivity (Wildman–Crippen MR) is 90.2 cm³/mol. The fourth-order valence-corrected chi connectivity index (χ4v) is 2.90. The van der Waals surface area contributed by atoms with Crippen molar-refractivity contribution in [2.75, 3.05) is 5.32 Å². The molecule has 0 aliphatic carbocycles. The summed E-state index contributed by atoms with van der Waals surface area (Å²) in [5.74, 6) is -1.92. The van der Waals surface area contributed by atoms with Gasteiger partial charge in [-0.15, -0.1) is 0 Å². The summed E-state index contributed by atoms with van der Waals surface area (Å²) in [5, 5.41) is 2.39. The van der Waals surface area contributed by atoms with Crippen molar-refractivity contribution in [1.82, 2.24) is 4.98 Å². The van der Waals surface area contributed by atoms with E-state index in [1.807, 2.05) is 0 Å². The standard InChI is InChI=1S/C17H15F5N4O3/c1-16(5-12(17(20,21)22)29-15(23)26-16)9-4-8(2-3-10(9)19)24-14(27)11-7-28-13(6-18)25-11/h2-4,7,12H,5-6H2,1H3,(H2,23,26)(H,24,27)/t12-,16+/m0/s1. The zero-order valence-electron chi connectivity index (χ0n) is 14.9. The largest absolute Gasteiger partial charge is 0.452 e. The van der Waals surface area contributed by atoms with Gasteiger partial charge in [0.25, 0.3) is 11.9 Å². The van der Waals surface area contributed by atoms with Gasteiger partial charge >= 0.3 is 6.18 Å². The summed E-state index contributed by atoms with van der Waals surface area (Å²) >= 11 is 0. The van der Waals surface area contributed by atoms with Crippen molar-refractivity contribution in [2.24, 2.45) is 10.7 Å². The lowest BCUT2D eigenvalue weighted by molar-refractivity contribution is -0.208. The van der Waals surface area contributed by atoms with E-state index in [9.17, 15) is 26.7 Å². The number of nitrogens with two attached hydrogens (primary N) is 1. The molecule has 1 aliphatic rings. The van der Waals surface area contributed by atoms with Crippen LogP contribution < -0.4 is 11.1 Å². The summed E-state index contributed by atoms with van der Waals surface area (Å²) in [6.07, 6.45) is -6.77. The molecule has 29 heavy (non-hydrogen) atoms. The van der Waals surface area contributed by atoms with Crippen molar-refractivity contribution in [3.8, 4) is 0 Å². The zero-order chi connectivity index (χ0) is 21.4. The monoisotopic (exact) mass is 418 g/mol. The van der Waals surface area contributed by atoms with Gasteiger partial charge in [-0.25, -0.2) is 18.8 Å². The van der Waals surface area contributed by atoms with Crippen LogP contribution in [0.2, 0.25) is 0 Å². The average molecular weight is 418 g/mol. The van der Waals surface area contributed by atoms with Crippen LogP contribution in [0.1, 0.15) is 35.3 Å².